The maximum absolute atomic E-state index is 12.8. The largest absolute Gasteiger partial charge is 0.416 e. The fourth-order valence-electron chi connectivity index (χ4n) is 9.44. The molecule has 1 fully saturated rings. The summed E-state index contributed by atoms with van der Waals surface area (Å²) in [6.07, 6.45) is 2.00. The Hall–Kier alpha value is -8.88. The lowest BCUT2D eigenvalue weighted by Crippen LogP contribution is -2.39. The second-order valence-corrected chi connectivity index (χ2v) is 21.5. The zero-order chi connectivity index (χ0) is 57.9. The van der Waals surface area contributed by atoms with Crippen LogP contribution in [0.3, 0.4) is 0 Å². The van der Waals surface area contributed by atoms with Crippen LogP contribution < -0.4 is 31.9 Å². The molecule has 0 aliphatic heterocycles. The summed E-state index contributed by atoms with van der Waals surface area (Å²) in [6.45, 7) is 0.565. The highest BCUT2D eigenvalue weighted by Crippen LogP contribution is 2.37. The van der Waals surface area contributed by atoms with Crippen LogP contribution in [0.2, 0.25) is 15.1 Å². The molecule has 4 heterocycles. The lowest BCUT2D eigenvalue weighted by atomic mass is 9.96. The Morgan fingerprint density at radius 2 is 0.976 bits per heavy atom. The van der Waals surface area contributed by atoms with Gasteiger partial charge in [0, 0.05) is 56.0 Å². The van der Waals surface area contributed by atoms with E-state index in [1.54, 1.807) is 23.5 Å². The highest BCUT2D eigenvalue weighted by molar-refractivity contribution is 7.09. The quantitative estimate of drug-likeness (QED) is 0.0615. The number of alkyl halides is 3. The number of nitrogens with zero attached hydrogens (tertiary/aromatic N) is 3. The van der Waals surface area contributed by atoms with Gasteiger partial charge in [-0.15, -0.1) is 11.3 Å². The van der Waals surface area contributed by atoms with Crippen LogP contribution in [0.4, 0.5) is 50.7 Å². The van der Waals surface area contributed by atoms with E-state index in [0.717, 1.165) is 86.6 Å². The molecular formula is C61H52Cl3F3N12O3S. The number of benzene rings is 7. The molecule has 15 nitrogen and oxygen atoms in total. The smallest absolute Gasteiger partial charge is 0.337 e. The number of aromatic amines is 3. The fraction of sp³-hybridized carbons (Fsp3) is 0.148. The highest BCUT2D eigenvalue weighted by atomic mass is 35.5. The Labute approximate surface area is 492 Å². The molecule has 7 aromatic carbocycles. The molecular weight excluding hydrogens is 1140 g/mol. The van der Waals surface area contributed by atoms with Crippen molar-refractivity contribution in [2.24, 2.45) is 0 Å². The summed E-state index contributed by atoms with van der Waals surface area (Å²) in [5.41, 5.74) is 6.82. The van der Waals surface area contributed by atoms with Crippen LogP contribution in [-0.2, 0) is 12.6 Å². The maximum Gasteiger partial charge on any atom is 0.416 e. The first kappa shape index (κ1) is 57.4. The van der Waals surface area contributed by atoms with Gasteiger partial charge in [-0.05, 0) is 102 Å². The van der Waals surface area contributed by atoms with Crippen LogP contribution in [-0.4, -0.2) is 61.3 Å². The number of carbonyl (C=O) groups excluding carboxylic acids is 3. The fourth-order valence-corrected chi connectivity index (χ4v) is 11.0. The number of amides is 6. The van der Waals surface area contributed by atoms with Gasteiger partial charge >= 0.3 is 24.3 Å². The Balaban J connectivity index is 0.000000139. The zero-order valence-electron chi connectivity index (χ0n) is 43.9. The summed E-state index contributed by atoms with van der Waals surface area (Å²) in [4.78, 5) is 38.1. The van der Waals surface area contributed by atoms with Gasteiger partial charge < -0.3 is 16.0 Å². The van der Waals surface area contributed by atoms with Crippen LogP contribution in [0.5, 0.6) is 0 Å². The normalized spacial score (nSPS) is 12.4. The number of halogens is 6. The van der Waals surface area contributed by atoms with Crippen molar-refractivity contribution in [3.63, 3.8) is 0 Å². The minimum atomic E-state index is -4.50. The van der Waals surface area contributed by atoms with Crippen LogP contribution >= 0.6 is 46.1 Å². The van der Waals surface area contributed by atoms with E-state index in [9.17, 15) is 27.6 Å². The van der Waals surface area contributed by atoms with E-state index >= 15 is 0 Å². The van der Waals surface area contributed by atoms with E-state index in [1.807, 2.05) is 127 Å². The number of rotatable bonds is 11. The van der Waals surface area contributed by atoms with Crippen molar-refractivity contribution in [1.82, 2.24) is 41.2 Å². The van der Waals surface area contributed by atoms with Gasteiger partial charge in [-0.2, -0.15) is 28.5 Å². The number of anilines is 4. The van der Waals surface area contributed by atoms with Gasteiger partial charge in [0.05, 0.1) is 37.2 Å². The Morgan fingerprint density at radius 1 is 0.518 bits per heavy atom. The monoisotopic (exact) mass is 1190 g/mol. The van der Waals surface area contributed by atoms with Gasteiger partial charge in [-0.3, -0.25) is 31.2 Å². The highest BCUT2D eigenvalue weighted by Gasteiger charge is 2.30. The molecule has 1 aliphatic rings. The van der Waals surface area contributed by atoms with Crippen molar-refractivity contribution in [2.75, 3.05) is 27.8 Å². The van der Waals surface area contributed by atoms with E-state index in [1.165, 1.54) is 36.3 Å². The topological polar surface area (TPSA) is 209 Å². The number of urea groups is 3. The Bertz CT molecular complexity index is 4030. The van der Waals surface area contributed by atoms with Crippen molar-refractivity contribution >= 4 is 120 Å². The number of aromatic nitrogens is 6. The van der Waals surface area contributed by atoms with Crippen molar-refractivity contribution < 1.29 is 27.6 Å². The van der Waals surface area contributed by atoms with Gasteiger partial charge in [-0.1, -0.05) is 157 Å². The third kappa shape index (κ3) is 14.6. The van der Waals surface area contributed by atoms with Crippen molar-refractivity contribution in [3.05, 3.63) is 195 Å². The molecule has 11 aromatic rings. The predicted molar refractivity (Wildman–Crippen MR) is 328 cm³/mol. The number of nitrogens with one attached hydrogen (secondary N) is 9. The lowest BCUT2D eigenvalue weighted by Gasteiger charge is -2.22. The molecule has 9 N–H and O–H groups in total. The minimum Gasteiger partial charge on any atom is -0.337 e. The van der Waals surface area contributed by atoms with Crippen molar-refractivity contribution in [1.29, 1.82) is 0 Å². The van der Waals surface area contributed by atoms with E-state index in [4.69, 9.17) is 34.8 Å². The molecule has 1 aliphatic carbocycles. The first-order valence-corrected chi connectivity index (χ1v) is 28.3. The molecule has 4 aromatic heterocycles. The second-order valence-electron chi connectivity index (χ2n) is 19.2. The number of carbonyl (C=O) groups is 3. The molecule has 0 atom stereocenters. The molecule has 0 radical (unpaired) electrons. The van der Waals surface area contributed by atoms with E-state index in [0.29, 0.717) is 44.2 Å². The predicted octanol–water partition coefficient (Wildman–Crippen LogP) is 17.2. The average molecular weight is 1200 g/mol. The number of thiophene rings is 1. The van der Waals surface area contributed by atoms with Crippen molar-refractivity contribution in [3.8, 4) is 33.4 Å². The van der Waals surface area contributed by atoms with Gasteiger partial charge in [0.25, 0.3) is 0 Å². The molecule has 6 amide bonds. The number of hydrogen-bond donors (Lipinski definition) is 9. The van der Waals surface area contributed by atoms with Gasteiger partial charge in [-0.25, -0.2) is 14.4 Å². The summed E-state index contributed by atoms with van der Waals surface area (Å²) in [6, 6.07) is 47.8. The van der Waals surface area contributed by atoms with Gasteiger partial charge in [0.1, 0.15) is 0 Å². The van der Waals surface area contributed by atoms with Gasteiger partial charge in [0.15, 0.2) is 17.5 Å². The third-order valence-corrected chi connectivity index (χ3v) is 15.4. The number of fused-ring (bicyclic) bond motifs is 3. The van der Waals surface area contributed by atoms with E-state index in [-0.39, 0.29) is 29.6 Å². The minimum absolute atomic E-state index is 0.00943. The van der Waals surface area contributed by atoms with E-state index in [2.05, 4.69) is 68.6 Å². The maximum atomic E-state index is 12.8. The third-order valence-electron chi connectivity index (χ3n) is 13.5. The van der Waals surface area contributed by atoms with Crippen LogP contribution in [0, 0.1) is 0 Å². The summed E-state index contributed by atoms with van der Waals surface area (Å²) < 4.78 is 38.5. The van der Waals surface area contributed by atoms with Crippen LogP contribution in [0.25, 0.3) is 66.1 Å². The van der Waals surface area contributed by atoms with Gasteiger partial charge in [0.2, 0.25) is 0 Å². The molecule has 0 unspecified atom stereocenters. The molecule has 0 bridgehead atoms. The second kappa shape index (κ2) is 26.4. The Kier molecular flexibility index (Phi) is 18.2. The SMILES string of the molecule is O=C(NCCc1cccs1)Nc1n[nH]c2cc(Cl)c(-c3ccccc3)cc12.O=C(Nc1cccc(C(F)(F)F)c1)Nc1n[nH]c2cc(Cl)c(-c3ccccc3)cc12.O=C(Nc1n[nH]c2cc(Cl)c(-c3ccccc3)cc12)NC1CCCCC1. The molecule has 83 heavy (non-hydrogen) atoms. The molecule has 422 valence electrons. The van der Waals surface area contributed by atoms with Crippen LogP contribution in [0.1, 0.15) is 42.5 Å². The molecule has 12 rings (SSSR count). The summed E-state index contributed by atoms with van der Waals surface area (Å²) in [7, 11) is 0. The standard InChI is InChI=1S/C21H14ClF3N4O.C20H17ClN4OS.C20H21ClN4O/c22-17-11-18-16(10-15(17)12-5-2-1-3-6-12)19(29-28-18)27-20(30)26-14-8-4-7-13(9-14)21(23,24)25;21-17-12-18-16(11-15(17)13-5-2-1-3-6-13)19(25-24-18)23-20(26)22-9-8-14-7-4-10-27-14;21-17-12-18-16(11-15(17)13-7-3-1-4-8-13)19(25-24-18)23-20(26)22-14-9-5-2-6-10-14/h1-11H,(H3,26,27,28,29,30);1-7,10-12H,8-9H2,(H3,22,23,24,25,26);1,3-4,7-8,11-12,14H,2,5-6,9-10H2,(H3,22,23,24,25,26). The van der Waals surface area contributed by atoms with Crippen LogP contribution in [0.15, 0.2) is 169 Å². The average Bonchev–Trinajstić information content (AvgIpc) is 4.51. The first-order chi connectivity index (χ1) is 40.2. The zero-order valence-corrected chi connectivity index (χ0v) is 47.0. The summed E-state index contributed by atoms with van der Waals surface area (Å²) >= 11 is 20.9. The lowest BCUT2D eigenvalue weighted by molar-refractivity contribution is -0.137. The Morgan fingerprint density at radius 3 is 1.42 bits per heavy atom. The first-order valence-electron chi connectivity index (χ1n) is 26.3. The summed E-state index contributed by atoms with van der Waals surface area (Å²) in [5, 5.41) is 43.8. The molecule has 0 saturated heterocycles. The van der Waals surface area contributed by atoms with E-state index < -0.39 is 17.8 Å². The molecule has 0 spiro atoms. The van der Waals surface area contributed by atoms with Crippen molar-refractivity contribution in [2.45, 2.75) is 50.7 Å². The summed E-state index contributed by atoms with van der Waals surface area (Å²) in [5.74, 6) is 1.22. The molecule has 22 heteroatoms. The number of hydrogen-bond acceptors (Lipinski definition) is 7. The number of H-pyrrole nitrogens is 3. The molecule has 1 saturated carbocycles.